The van der Waals surface area contributed by atoms with Crippen LogP contribution in [0.5, 0.6) is 0 Å². The predicted octanol–water partition coefficient (Wildman–Crippen LogP) is 14.6. The van der Waals surface area contributed by atoms with Gasteiger partial charge in [-0.05, 0) is 76.7 Å². The molecule has 0 radical (unpaired) electrons. The Bertz CT molecular complexity index is 1110. The highest BCUT2D eigenvalue weighted by molar-refractivity contribution is 5.78. The van der Waals surface area contributed by atoms with Crippen molar-refractivity contribution in [3.8, 4) is 0 Å². The lowest BCUT2D eigenvalue weighted by atomic mass is 10.0. The summed E-state index contributed by atoms with van der Waals surface area (Å²) in [4.78, 5) is 26.0. The topological polar surface area (TPSA) is 95.9 Å². The van der Waals surface area contributed by atoms with Crippen LogP contribution < -0.4 is 5.32 Å². The minimum Gasteiger partial charge on any atom is -0.458 e. The van der Waals surface area contributed by atoms with Gasteiger partial charge in [0.1, 0.15) is 6.10 Å². The van der Waals surface area contributed by atoms with Crippen molar-refractivity contribution in [3.63, 3.8) is 0 Å². The number of hydrogen-bond acceptors (Lipinski definition) is 5. The Morgan fingerprint density at radius 1 is 0.525 bits per heavy atom. The molecule has 0 heterocycles. The van der Waals surface area contributed by atoms with Crippen molar-refractivity contribution in [2.45, 2.75) is 244 Å². The zero-order chi connectivity index (χ0) is 43.1. The number of allylic oxidation sites excluding steroid dienone is 11. The number of nitrogens with one attached hydrogen (secondary N) is 1. The van der Waals surface area contributed by atoms with Gasteiger partial charge in [-0.1, -0.05) is 210 Å². The van der Waals surface area contributed by atoms with Crippen LogP contribution in [0.25, 0.3) is 0 Å². The minimum absolute atomic E-state index is 0.0497. The van der Waals surface area contributed by atoms with Crippen LogP contribution in [-0.2, 0) is 14.3 Å². The lowest BCUT2D eigenvalue weighted by Crippen LogP contribution is -2.46. The van der Waals surface area contributed by atoms with Crippen molar-refractivity contribution in [2.24, 2.45) is 0 Å². The van der Waals surface area contributed by atoms with Crippen LogP contribution in [-0.4, -0.2) is 46.9 Å². The standard InChI is InChI=1S/C53H93NO5/c1-4-7-10-13-16-19-21-23-25-26-27-29-31-34-37-40-43-46-53(58)59-49(44-41-38-35-33-30-28-24-22-20-17-14-11-8-5-2)47-52(57)54-50(48-55)51(56)45-42-39-36-32-18-15-12-9-6-3/h8,11,17,20,23-25,28,33,35,41,44,49-51,55-56H,4-7,9-10,12-16,18-19,21-22,26-27,29-32,34,36-40,42-43,45-48H2,1-3H3,(H,54,57)/b11-8+,20-17+,25-23+,28-24+,35-33+,44-41+. The van der Waals surface area contributed by atoms with Crippen LogP contribution in [0.4, 0.5) is 0 Å². The second kappa shape index (κ2) is 46.4. The molecule has 0 aliphatic carbocycles. The molecule has 1 amide bonds. The van der Waals surface area contributed by atoms with E-state index in [0.717, 1.165) is 64.2 Å². The quantitative estimate of drug-likeness (QED) is 0.0323. The van der Waals surface area contributed by atoms with Crippen molar-refractivity contribution in [1.82, 2.24) is 5.32 Å². The van der Waals surface area contributed by atoms with Gasteiger partial charge in [-0.3, -0.25) is 9.59 Å². The average molecular weight is 824 g/mol. The second-order valence-corrected chi connectivity index (χ2v) is 16.5. The summed E-state index contributed by atoms with van der Waals surface area (Å²) in [6, 6.07) is -0.743. The first-order valence-electron chi connectivity index (χ1n) is 24.7. The summed E-state index contributed by atoms with van der Waals surface area (Å²) in [7, 11) is 0. The second-order valence-electron chi connectivity index (χ2n) is 16.5. The van der Waals surface area contributed by atoms with E-state index < -0.39 is 18.2 Å². The van der Waals surface area contributed by atoms with Crippen LogP contribution in [0.15, 0.2) is 72.9 Å². The van der Waals surface area contributed by atoms with Crippen LogP contribution in [0.2, 0.25) is 0 Å². The molecule has 0 bridgehead atoms. The maximum Gasteiger partial charge on any atom is 0.306 e. The Morgan fingerprint density at radius 3 is 1.42 bits per heavy atom. The van der Waals surface area contributed by atoms with Gasteiger partial charge in [0, 0.05) is 6.42 Å². The number of unbranched alkanes of at least 4 members (excludes halogenated alkanes) is 21. The fourth-order valence-electron chi connectivity index (χ4n) is 7.03. The Hall–Kier alpha value is -2.70. The largest absolute Gasteiger partial charge is 0.458 e. The molecule has 3 unspecified atom stereocenters. The molecule has 0 aromatic carbocycles. The van der Waals surface area contributed by atoms with Gasteiger partial charge in [0.25, 0.3) is 0 Å². The molecule has 0 aliphatic rings. The summed E-state index contributed by atoms with van der Waals surface area (Å²) in [5, 5.41) is 23.6. The van der Waals surface area contributed by atoms with E-state index in [1.165, 1.54) is 116 Å². The third-order valence-electron chi connectivity index (χ3n) is 10.8. The number of hydrogen-bond donors (Lipinski definition) is 3. The first-order valence-corrected chi connectivity index (χ1v) is 24.7. The van der Waals surface area contributed by atoms with Gasteiger partial charge in [-0.25, -0.2) is 0 Å². The summed E-state index contributed by atoms with van der Waals surface area (Å²) >= 11 is 0. The zero-order valence-electron chi connectivity index (χ0n) is 38.6. The Morgan fingerprint density at radius 2 is 0.949 bits per heavy atom. The molecule has 0 saturated heterocycles. The highest BCUT2D eigenvalue weighted by Crippen LogP contribution is 2.15. The summed E-state index contributed by atoms with van der Waals surface area (Å²) in [6.07, 6.45) is 58.5. The molecule has 0 rings (SSSR count). The smallest absolute Gasteiger partial charge is 0.306 e. The molecule has 6 nitrogen and oxygen atoms in total. The monoisotopic (exact) mass is 824 g/mol. The summed E-state index contributed by atoms with van der Waals surface area (Å²) in [5.41, 5.74) is 0. The maximum absolute atomic E-state index is 13.1. The van der Waals surface area contributed by atoms with Gasteiger partial charge in [-0.15, -0.1) is 0 Å². The van der Waals surface area contributed by atoms with E-state index in [-0.39, 0.29) is 24.9 Å². The number of carbonyl (C=O) groups excluding carboxylic acids is 2. The molecular formula is C53H93NO5. The molecule has 0 saturated carbocycles. The molecule has 3 atom stereocenters. The average Bonchev–Trinajstić information content (AvgIpc) is 3.23. The Kier molecular flexibility index (Phi) is 44.2. The summed E-state index contributed by atoms with van der Waals surface area (Å²) in [5.74, 6) is -0.637. The molecule has 0 aromatic rings. The number of amides is 1. The molecular weight excluding hydrogens is 731 g/mol. The molecule has 340 valence electrons. The van der Waals surface area contributed by atoms with E-state index >= 15 is 0 Å². The molecule has 0 fully saturated rings. The van der Waals surface area contributed by atoms with E-state index in [1.807, 2.05) is 6.08 Å². The normalized spacial score (nSPS) is 13.9. The fraction of sp³-hybridized carbons (Fsp3) is 0.736. The first-order chi connectivity index (χ1) is 29.0. The number of aliphatic hydroxyl groups excluding tert-OH is 2. The lowest BCUT2D eigenvalue weighted by molar-refractivity contribution is -0.148. The van der Waals surface area contributed by atoms with Crippen molar-refractivity contribution in [2.75, 3.05) is 6.61 Å². The third-order valence-corrected chi connectivity index (χ3v) is 10.8. The van der Waals surface area contributed by atoms with Crippen LogP contribution in [0.1, 0.15) is 226 Å². The molecule has 6 heteroatoms. The van der Waals surface area contributed by atoms with Crippen molar-refractivity contribution in [3.05, 3.63) is 72.9 Å². The number of esters is 1. The van der Waals surface area contributed by atoms with E-state index in [9.17, 15) is 19.8 Å². The molecule has 3 N–H and O–H groups in total. The first kappa shape index (κ1) is 56.3. The van der Waals surface area contributed by atoms with Crippen LogP contribution in [0.3, 0.4) is 0 Å². The van der Waals surface area contributed by atoms with Crippen LogP contribution in [0, 0.1) is 0 Å². The molecule has 0 aliphatic heterocycles. The minimum atomic E-state index is -0.820. The number of carbonyl (C=O) groups is 2. The Balaban J connectivity index is 4.72. The Labute approximate surface area is 364 Å². The van der Waals surface area contributed by atoms with Crippen molar-refractivity contribution in [1.29, 1.82) is 0 Å². The van der Waals surface area contributed by atoms with Crippen molar-refractivity contribution >= 4 is 11.9 Å². The van der Waals surface area contributed by atoms with Crippen molar-refractivity contribution < 1.29 is 24.5 Å². The van der Waals surface area contributed by atoms with Gasteiger partial charge in [0.05, 0.1) is 25.2 Å². The van der Waals surface area contributed by atoms with Gasteiger partial charge < -0.3 is 20.3 Å². The third kappa shape index (κ3) is 41.8. The number of ether oxygens (including phenoxy) is 1. The summed E-state index contributed by atoms with van der Waals surface area (Å²) < 4.78 is 5.81. The lowest BCUT2D eigenvalue weighted by Gasteiger charge is -2.23. The van der Waals surface area contributed by atoms with Gasteiger partial charge in [0.2, 0.25) is 5.91 Å². The predicted molar refractivity (Wildman–Crippen MR) is 255 cm³/mol. The maximum atomic E-state index is 13.1. The number of aliphatic hydroxyl groups is 2. The van der Waals surface area contributed by atoms with E-state index in [1.54, 1.807) is 6.08 Å². The zero-order valence-corrected chi connectivity index (χ0v) is 38.6. The fourth-order valence-corrected chi connectivity index (χ4v) is 7.03. The molecule has 0 spiro atoms. The highest BCUT2D eigenvalue weighted by atomic mass is 16.5. The molecule has 59 heavy (non-hydrogen) atoms. The SMILES string of the molecule is CC/C=C/C/C=C/C/C=C/C/C=C/C/C=C/C(CC(=O)NC(CO)C(O)CCCCCCCCCCC)OC(=O)CCCCCCCCC/C=C/CCCCCCCC. The highest BCUT2D eigenvalue weighted by Gasteiger charge is 2.23. The van der Waals surface area contributed by atoms with Gasteiger partial charge >= 0.3 is 5.97 Å². The summed E-state index contributed by atoms with van der Waals surface area (Å²) in [6.45, 7) is 6.30. The van der Waals surface area contributed by atoms with Gasteiger partial charge in [-0.2, -0.15) is 0 Å². The van der Waals surface area contributed by atoms with Gasteiger partial charge in [0.15, 0.2) is 0 Å². The number of rotatable bonds is 43. The van der Waals surface area contributed by atoms with E-state index in [2.05, 4.69) is 86.8 Å². The van der Waals surface area contributed by atoms with E-state index in [0.29, 0.717) is 19.3 Å². The van der Waals surface area contributed by atoms with E-state index in [4.69, 9.17) is 4.74 Å². The van der Waals surface area contributed by atoms with Crippen LogP contribution >= 0.6 is 0 Å². The molecule has 0 aromatic heterocycles.